The average Bonchev–Trinajstić information content (AvgIpc) is 4.07. The van der Waals surface area contributed by atoms with Crippen molar-refractivity contribution in [3.05, 3.63) is 278 Å². The molecule has 0 atom stereocenters. The summed E-state index contributed by atoms with van der Waals surface area (Å²) >= 11 is 1.88. The van der Waals surface area contributed by atoms with Gasteiger partial charge < -0.3 is 9.80 Å². The van der Waals surface area contributed by atoms with Crippen molar-refractivity contribution in [3.8, 4) is 33.4 Å². The van der Waals surface area contributed by atoms with E-state index in [0.717, 1.165) is 34.1 Å². The first kappa shape index (κ1) is 44.2. The molecule has 0 fully saturated rings. The molecule has 0 saturated carbocycles. The van der Waals surface area contributed by atoms with Gasteiger partial charge in [0.15, 0.2) is 0 Å². The predicted octanol–water partition coefficient (Wildman–Crippen LogP) is 21.2. The monoisotopic (exact) mass is 986 g/mol. The van der Waals surface area contributed by atoms with Crippen LogP contribution >= 0.6 is 11.3 Å². The quantitative estimate of drug-likeness (QED) is 0.140. The zero-order valence-electron chi connectivity index (χ0n) is 42.2. The maximum Gasteiger partial charge on any atom is 0.0540 e. The number of benzene rings is 13. The molecule has 1 heterocycles. The Hall–Kier alpha value is -9.28. The molecule has 2 nitrogen and oxygen atoms in total. The standard InChI is InChI=1S/C73H50N2S/c1-73(2)68-45-54(39-42-63(68)64-43-40-55(46-69(64)73)75(51-18-4-3-5-19-51)70-28-14-17-48-16-6-7-20-56(48)70)74(53-37-32-49(33-38-53)57-26-15-27-66-65-25-12-13-29-71(65)76-72(57)66)52-35-30-47(31-36-52)50-34-41-62-60-23-9-8-21-58(60)59-22-10-11-24-61(59)67(62)44-50/h3-46H,1-2H3. The van der Waals surface area contributed by atoms with Crippen LogP contribution < -0.4 is 9.80 Å². The minimum Gasteiger partial charge on any atom is -0.310 e. The maximum absolute atomic E-state index is 2.45. The molecule has 0 unspecified atom stereocenters. The molecule has 76 heavy (non-hydrogen) atoms. The highest BCUT2D eigenvalue weighted by Gasteiger charge is 2.37. The van der Waals surface area contributed by atoms with Gasteiger partial charge in [0.05, 0.1) is 5.69 Å². The summed E-state index contributed by atoms with van der Waals surface area (Å²) in [5.41, 5.74) is 16.5. The van der Waals surface area contributed by atoms with E-state index in [0.29, 0.717) is 0 Å². The number of para-hydroxylation sites is 1. The molecule has 1 aromatic heterocycles. The number of fused-ring (bicyclic) bond motifs is 13. The van der Waals surface area contributed by atoms with Crippen LogP contribution in [0.2, 0.25) is 0 Å². The molecule has 1 aliphatic carbocycles. The topological polar surface area (TPSA) is 6.48 Å². The summed E-state index contributed by atoms with van der Waals surface area (Å²) in [5.74, 6) is 0. The van der Waals surface area contributed by atoms with Crippen LogP contribution in [0.25, 0.3) is 96.6 Å². The van der Waals surface area contributed by atoms with Crippen LogP contribution in [0.5, 0.6) is 0 Å². The van der Waals surface area contributed by atoms with E-state index in [-0.39, 0.29) is 5.41 Å². The van der Waals surface area contributed by atoms with E-state index in [1.807, 2.05) is 11.3 Å². The van der Waals surface area contributed by atoms with Crippen LogP contribution in [-0.4, -0.2) is 0 Å². The van der Waals surface area contributed by atoms with Gasteiger partial charge in [0.1, 0.15) is 0 Å². The Labute approximate surface area is 446 Å². The summed E-state index contributed by atoms with van der Waals surface area (Å²) in [7, 11) is 0. The first-order valence-electron chi connectivity index (χ1n) is 26.3. The molecule has 3 heteroatoms. The highest BCUT2D eigenvalue weighted by Crippen LogP contribution is 2.53. The molecular weight excluding hydrogens is 937 g/mol. The van der Waals surface area contributed by atoms with Gasteiger partial charge >= 0.3 is 0 Å². The van der Waals surface area contributed by atoms with Crippen molar-refractivity contribution in [2.24, 2.45) is 0 Å². The van der Waals surface area contributed by atoms with Gasteiger partial charge in [-0.25, -0.2) is 0 Å². The van der Waals surface area contributed by atoms with Crippen molar-refractivity contribution in [2.75, 3.05) is 9.80 Å². The van der Waals surface area contributed by atoms with Crippen molar-refractivity contribution in [1.82, 2.24) is 0 Å². The zero-order chi connectivity index (χ0) is 50.5. The first-order chi connectivity index (χ1) is 37.4. The second-order valence-electron chi connectivity index (χ2n) is 20.8. The fourth-order valence-electron chi connectivity index (χ4n) is 12.5. The molecule has 13 aromatic carbocycles. The molecule has 0 N–H and O–H groups in total. The summed E-state index contributed by atoms with van der Waals surface area (Å²) in [6.45, 7) is 4.79. The third kappa shape index (κ3) is 7.00. The van der Waals surface area contributed by atoms with E-state index in [9.17, 15) is 0 Å². The van der Waals surface area contributed by atoms with Gasteiger partial charge in [-0.05, 0) is 161 Å². The Morgan fingerprint density at radius 3 is 1.43 bits per heavy atom. The van der Waals surface area contributed by atoms with E-state index < -0.39 is 0 Å². The summed E-state index contributed by atoms with van der Waals surface area (Å²) in [6, 6.07) is 98.9. The van der Waals surface area contributed by atoms with Crippen molar-refractivity contribution >= 4 is 109 Å². The van der Waals surface area contributed by atoms with Crippen LogP contribution in [0.3, 0.4) is 0 Å². The Morgan fingerprint density at radius 2 is 0.763 bits per heavy atom. The van der Waals surface area contributed by atoms with Gasteiger partial charge in [-0.2, -0.15) is 0 Å². The molecule has 1 aliphatic rings. The van der Waals surface area contributed by atoms with Crippen molar-refractivity contribution in [2.45, 2.75) is 19.3 Å². The average molecular weight is 987 g/mol. The third-order valence-corrected chi connectivity index (χ3v) is 17.4. The highest BCUT2D eigenvalue weighted by atomic mass is 32.1. The van der Waals surface area contributed by atoms with Gasteiger partial charge in [0, 0.05) is 59.4 Å². The summed E-state index contributed by atoms with van der Waals surface area (Å²) in [5, 5.41) is 12.8. The molecule has 15 rings (SSSR count). The predicted molar refractivity (Wildman–Crippen MR) is 327 cm³/mol. The molecule has 0 aliphatic heterocycles. The zero-order valence-corrected chi connectivity index (χ0v) is 43.0. The fraction of sp³-hybridized carbons (Fsp3) is 0.0411. The number of thiophene rings is 1. The Kier molecular flexibility index (Phi) is 10.1. The lowest BCUT2D eigenvalue weighted by molar-refractivity contribution is 0.660. The number of nitrogens with zero attached hydrogens (tertiary/aromatic N) is 2. The van der Waals surface area contributed by atoms with E-state index in [4.69, 9.17) is 0 Å². The van der Waals surface area contributed by atoms with Crippen molar-refractivity contribution in [3.63, 3.8) is 0 Å². The molecule has 358 valence electrons. The molecule has 0 saturated heterocycles. The molecule has 14 aromatic rings. The van der Waals surface area contributed by atoms with E-state index in [1.54, 1.807) is 0 Å². The minimum atomic E-state index is -0.286. The Bertz CT molecular complexity index is 4570. The third-order valence-electron chi connectivity index (χ3n) is 16.2. The van der Waals surface area contributed by atoms with Crippen LogP contribution in [0.15, 0.2) is 267 Å². The van der Waals surface area contributed by atoms with E-state index in [2.05, 4.69) is 291 Å². The fourth-order valence-corrected chi connectivity index (χ4v) is 13.7. The second kappa shape index (κ2) is 17.4. The molecule has 0 spiro atoms. The number of hydrogen-bond donors (Lipinski definition) is 0. The van der Waals surface area contributed by atoms with Gasteiger partial charge in [-0.3, -0.25) is 0 Å². The molecule has 0 amide bonds. The summed E-state index contributed by atoms with van der Waals surface area (Å²) in [6.07, 6.45) is 0. The lowest BCUT2D eigenvalue weighted by atomic mass is 9.82. The molecule has 0 radical (unpaired) electrons. The van der Waals surface area contributed by atoms with Crippen molar-refractivity contribution < 1.29 is 0 Å². The largest absolute Gasteiger partial charge is 0.310 e. The molecular formula is C73H50N2S. The Morgan fingerprint density at radius 1 is 0.289 bits per heavy atom. The van der Waals surface area contributed by atoms with E-state index >= 15 is 0 Å². The lowest BCUT2D eigenvalue weighted by Crippen LogP contribution is -2.17. The normalized spacial score (nSPS) is 12.7. The SMILES string of the molecule is CC1(C)c2cc(N(c3ccc(-c4ccc5c6ccccc6c6ccccc6c5c4)cc3)c3ccc(-c4cccc5c4sc4ccccc45)cc3)ccc2-c2ccc(N(c3ccccc3)c3cccc4ccccc34)cc21. The second-order valence-corrected chi connectivity index (χ2v) is 21.9. The van der Waals surface area contributed by atoms with E-state index in [1.165, 1.54) is 108 Å². The van der Waals surface area contributed by atoms with Crippen LogP contribution in [-0.2, 0) is 5.41 Å². The maximum atomic E-state index is 2.45. The summed E-state index contributed by atoms with van der Waals surface area (Å²) < 4.78 is 2.64. The van der Waals surface area contributed by atoms with Gasteiger partial charge in [-0.1, -0.05) is 202 Å². The highest BCUT2D eigenvalue weighted by molar-refractivity contribution is 7.26. The smallest absolute Gasteiger partial charge is 0.0540 e. The Balaban J connectivity index is 0.841. The number of rotatable bonds is 8. The van der Waals surface area contributed by atoms with Crippen LogP contribution in [0.1, 0.15) is 25.0 Å². The molecule has 0 bridgehead atoms. The van der Waals surface area contributed by atoms with Gasteiger partial charge in [-0.15, -0.1) is 11.3 Å². The number of hydrogen-bond acceptors (Lipinski definition) is 3. The van der Waals surface area contributed by atoms with Crippen LogP contribution in [0, 0.1) is 0 Å². The summed E-state index contributed by atoms with van der Waals surface area (Å²) in [4.78, 5) is 4.86. The minimum absolute atomic E-state index is 0.286. The first-order valence-corrected chi connectivity index (χ1v) is 27.1. The van der Waals surface area contributed by atoms with Crippen molar-refractivity contribution in [1.29, 1.82) is 0 Å². The van der Waals surface area contributed by atoms with Crippen LogP contribution in [0.4, 0.5) is 34.1 Å². The van der Waals surface area contributed by atoms with Gasteiger partial charge in [0.2, 0.25) is 0 Å². The van der Waals surface area contributed by atoms with Gasteiger partial charge in [0.25, 0.3) is 0 Å². The lowest BCUT2D eigenvalue weighted by Gasteiger charge is -2.29. The number of anilines is 6.